The van der Waals surface area contributed by atoms with Gasteiger partial charge in [0, 0.05) is 5.57 Å². The number of fused-ring (bicyclic) bond motifs is 1. The van der Waals surface area contributed by atoms with Crippen molar-refractivity contribution >= 4 is 17.5 Å². The Kier molecular flexibility index (Phi) is 3.61. The van der Waals surface area contributed by atoms with E-state index in [1.165, 1.54) is 6.92 Å². The van der Waals surface area contributed by atoms with E-state index >= 15 is 0 Å². The zero-order valence-corrected chi connectivity index (χ0v) is 15.6. The van der Waals surface area contributed by atoms with Gasteiger partial charge in [0.05, 0.1) is 23.2 Å². The number of aliphatic hydroxyl groups excluding tert-OH is 1. The van der Waals surface area contributed by atoms with E-state index in [1.807, 2.05) is 30.3 Å². The van der Waals surface area contributed by atoms with Crippen LogP contribution in [0.15, 0.2) is 42.5 Å². The van der Waals surface area contributed by atoms with Crippen molar-refractivity contribution in [2.24, 2.45) is 16.7 Å². The van der Waals surface area contributed by atoms with E-state index in [2.05, 4.69) is 20.4 Å². The zero-order chi connectivity index (χ0) is 18.9. The van der Waals surface area contributed by atoms with Crippen molar-refractivity contribution in [2.75, 3.05) is 5.01 Å². The van der Waals surface area contributed by atoms with Crippen LogP contribution in [0.25, 0.3) is 0 Å². The summed E-state index contributed by atoms with van der Waals surface area (Å²) in [6, 6.07) is 9.14. The SMILES string of the molecule is C=C(C(=O)N1[C@@H]2C[C@H]3CC[C@@]2(C(=O)N1c1ccccc1)C3(C)C)[C@H](C)O. The average molecular weight is 354 g/mol. The lowest BCUT2D eigenvalue weighted by Gasteiger charge is -2.35. The van der Waals surface area contributed by atoms with Crippen LogP contribution in [0.2, 0.25) is 0 Å². The molecule has 1 spiro atoms. The van der Waals surface area contributed by atoms with Crippen molar-refractivity contribution in [1.29, 1.82) is 0 Å². The molecule has 26 heavy (non-hydrogen) atoms. The average Bonchev–Trinajstić information content (AvgIpc) is 3.13. The van der Waals surface area contributed by atoms with Gasteiger partial charge in [0.1, 0.15) is 0 Å². The van der Waals surface area contributed by atoms with Crippen LogP contribution in [0.1, 0.15) is 40.0 Å². The summed E-state index contributed by atoms with van der Waals surface area (Å²) in [7, 11) is 0. The van der Waals surface area contributed by atoms with Gasteiger partial charge in [-0.1, -0.05) is 38.6 Å². The number of nitrogens with zero attached hydrogens (tertiary/aromatic N) is 2. The van der Waals surface area contributed by atoms with E-state index < -0.39 is 11.5 Å². The minimum Gasteiger partial charge on any atom is -0.389 e. The maximum Gasteiger partial charge on any atom is 0.271 e. The second kappa shape index (κ2) is 5.43. The second-order valence-electron chi connectivity index (χ2n) is 8.48. The number of carbonyl (C=O) groups is 2. The number of hydrazine groups is 1. The lowest BCUT2D eigenvalue weighted by atomic mass is 9.67. The van der Waals surface area contributed by atoms with E-state index in [4.69, 9.17) is 0 Å². The molecule has 2 bridgehead atoms. The molecule has 1 aliphatic heterocycles. The maximum atomic E-state index is 13.7. The van der Waals surface area contributed by atoms with E-state index in [-0.39, 0.29) is 28.8 Å². The van der Waals surface area contributed by atoms with Crippen molar-refractivity contribution in [3.05, 3.63) is 42.5 Å². The molecule has 0 aromatic heterocycles. The van der Waals surface area contributed by atoms with Crippen LogP contribution in [0.3, 0.4) is 0 Å². The number of carbonyl (C=O) groups excluding carboxylic acids is 2. The van der Waals surface area contributed by atoms with Gasteiger partial charge in [0.25, 0.3) is 11.8 Å². The summed E-state index contributed by atoms with van der Waals surface area (Å²) >= 11 is 0. The number of hydrogen-bond donors (Lipinski definition) is 1. The highest BCUT2D eigenvalue weighted by Crippen LogP contribution is 2.70. The molecule has 4 atom stereocenters. The van der Waals surface area contributed by atoms with E-state index in [1.54, 1.807) is 10.0 Å². The van der Waals surface area contributed by atoms with Crippen LogP contribution in [0.4, 0.5) is 5.69 Å². The van der Waals surface area contributed by atoms with Crippen LogP contribution in [-0.4, -0.2) is 34.1 Å². The van der Waals surface area contributed by atoms with Crippen LogP contribution in [0, 0.1) is 16.7 Å². The first-order chi connectivity index (χ1) is 12.2. The molecule has 5 heteroatoms. The topological polar surface area (TPSA) is 60.9 Å². The third-order valence-electron chi connectivity index (χ3n) is 7.21. The Morgan fingerprint density at radius 2 is 1.96 bits per heavy atom. The van der Waals surface area contributed by atoms with E-state index in [0.29, 0.717) is 11.6 Å². The van der Waals surface area contributed by atoms with Gasteiger partial charge in [0.15, 0.2) is 0 Å². The summed E-state index contributed by atoms with van der Waals surface area (Å²) in [6.45, 7) is 9.66. The maximum absolute atomic E-state index is 13.7. The van der Waals surface area contributed by atoms with Crippen molar-refractivity contribution in [1.82, 2.24) is 5.01 Å². The predicted octanol–water partition coefficient (Wildman–Crippen LogP) is 2.91. The quantitative estimate of drug-likeness (QED) is 0.849. The van der Waals surface area contributed by atoms with Crippen LogP contribution < -0.4 is 5.01 Å². The van der Waals surface area contributed by atoms with Gasteiger partial charge in [-0.2, -0.15) is 0 Å². The molecule has 5 nitrogen and oxygen atoms in total. The summed E-state index contributed by atoms with van der Waals surface area (Å²) < 4.78 is 0. The van der Waals surface area contributed by atoms with Crippen molar-refractivity contribution < 1.29 is 14.7 Å². The molecule has 3 aliphatic rings. The standard InChI is InChI=1S/C21H26N2O3/c1-13(14(2)24)18(25)23-17-12-15-10-11-21(17,20(15,3)4)19(26)22(23)16-8-6-5-7-9-16/h5-9,14-15,17,24H,1,10-12H2,2-4H3/t14-,15+,17+,21+/m0/s1. The lowest BCUT2D eigenvalue weighted by Crippen LogP contribution is -2.49. The Labute approximate surface area is 154 Å². The summed E-state index contributed by atoms with van der Waals surface area (Å²) in [4.78, 5) is 26.9. The normalized spacial score (nSPS) is 32.7. The number of amides is 2. The number of para-hydroxylation sites is 1. The molecule has 4 rings (SSSR count). The lowest BCUT2D eigenvalue weighted by molar-refractivity contribution is -0.132. The molecule has 138 valence electrons. The molecule has 0 unspecified atom stereocenters. The fourth-order valence-electron chi connectivity index (χ4n) is 5.56. The Balaban J connectivity index is 1.86. The number of anilines is 1. The van der Waals surface area contributed by atoms with Gasteiger partial charge < -0.3 is 5.11 Å². The molecule has 2 aliphatic carbocycles. The first-order valence-electron chi connectivity index (χ1n) is 9.33. The number of hydrogen-bond acceptors (Lipinski definition) is 3. The van der Waals surface area contributed by atoms with Crippen molar-refractivity contribution in [2.45, 2.75) is 52.2 Å². The smallest absolute Gasteiger partial charge is 0.271 e. The summed E-state index contributed by atoms with van der Waals surface area (Å²) in [6.07, 6.45) is 1.71. The molecular formula is C21H26N2O3. The zero-order valence-electron chi connectivity index (χ0n) is 15.6. The fourth-order valence-corrected chi connectivity index (χ4v) is 5.56. The summed E-state index contributed by atoms with van der Waals surface area (Å²) in [5.41, 5.74) is 0.106. The van der Waals surface area contributed by atoms with Gasteiger partial charge in [0.2, 0.25) is 0 Å². The highest BCUT2D eigenvalue weighted by atomic mass is 16.3. The van der Waals surface area contributed by atoms with Crippen LogP contribution in [0.5, 0.6) is 0 Å². The molecular weight excluding hydrogens is 328 g/mol. The molecule has 1 aromatic rings. The molecule has 3 fully saturated rings. The molecule has 1 aromatic carbocycles. The number of aliphatic hydroxyl groups is 1. The summed E-state index contributed by atoms with van der Waals surface area (Å²) in [5, 5.41) is 13.0. The van der Waals surface area contributed by atoms with Gasteiger partial charge in [-0.15, -0.1) is 0 Å². The highest BCUT2D eigenvalue weighted by Gasteiger charge is 2.75. The third-order valence-corrected chi connectivity index (χ3v) is 7.21. The van der Waals surface area contributed by atoms with Gasteiger partial charge >= 0.3 is 0 Å². The van der Waals surface area contributed by atoms with E-state index in [0.717, 1.165) is 19.3 Å². The molecule has 1 saturated heterocycles. The Morgan fingerprint density at radius 1 is 1.31 bits per heavy atom. The highest BCUT2D eigenvalue weighted by molar-refractivity contribution is 6.08. The fraction of sp³-hybridized carbons (Fsp3) is 0.524. The Hall–Kier alpha value is -2.14. The van der Waals surface area contributed by atoms with Crippen molar-refractivity contribution in [3.8, 4) is 0 Å². The number of rotatable bonds is 3. The van der Waals surface area contributed by atoms with Gasteiger partial charge in [-0.05, 0) is 49.7 Å². The monoisotopic (exact) mass is 354 g/mol. The van der Waals surface area contributed by atoms with Crippen LogP contribution >= 0.6 is 0 Å². The third kappa shape index (κ3) is 1.89. The Bertz CT molecular complexity index is 786. The van der Waals surface area contributed by atoms with Gasteiger partial charge in [-0.3, -0.25) is 9.59 Å². The predicted molar refractivity (Wildman–Crippen MR) is 98.9 cm³/mol. The molecule has 0 radical (unpaired) electrons. The van der Waals surface area contributed by atoms with Crippen LogP contribution in [-0.2, 0) is 9.59 Å². The summed E-state index contributed by atoms with van der Waals surface area (Å²) in [5.74, 6) is 0.0809. The minimum atomic E-state index is -0.946. The minimum absolute atomic E-state index is 0.00504. The largest absolute Gasteiger partial charge is 0.389 e. The molecule has 1 heterocycles. The Morgan fingerprint density at radius 3 is 2.54 bits per heavy atom. The number of benzene rings is 1. The first-order valence-corrected chi connectivity index (χ1v) is 9.33. The molecule has 2 amide bonds. The van der Waals surface area contributed by atoms with Gasteiger partial charge in [-0.25, -0.2) is 10.0 Å². The second-order valence-corrected chi connectivity index (χ2v) is 8.48. The molecule has 2 saturated carbocycles. The first kappa shape index (κ1) is 17.3. The van der Waals surface area contributed by atoms with Crippen molar-refractivity contribution in [3.63, 3.8) is 0 Å². The molecule has 1 N–H and O–H groups in total. The van der Waals surface area contributed by atoms with E-state index in [9.17, 15) is 14.7 Å².